The van der Waals surface area contributed by atoms with Crippen molar-refractivity contribution < 1.29 is 14.4 Å². The highest BCUT2D eigenvalue weighted by Crippen LogP contribution is 2.37. The minimum absolute atomic E-state index is 0.0765. The molecule has 1 aliphatic carbocycles. The number of aryl methyl sites for hydroxylation is 1. The van der Waals surface area contributed by atoms with E-state index in [1.807, 2.05) is 24.3 Å². The summed E-state index contributed by atoms with van der Waals surface area (Å²) in [7, 11) is 0. The van der Waals surface area contributed by atoms with Gasteiger partial charge in [0.2, 0.25) is 17.7 Å². The maximum absolute atomic E-state index is 12.4. The molecule has 2 atom stereocenters. The Balaban J connectivity index is 1.18. The standard InChI is InChI=1S/C21H26N4O3/c26-19(11-13-25-20(27)14-6-1-2-7-15(14)21(25)28)22-12-5-10-18-23-16-8-3-4-9-17(16)24-18/h3-4,8-9,14-15H,1-2,5-7,10-13H2,(H,22,26)(H,23,24). The predicted molar refractivity (Wildman–Crippen MR) is 104 cm³/mol. The van der Waals surface area contributed by atoms with Crippen molar-refractivity contribution in [3.8, 4) is 0 Å². The molecule has 28 heavy (non-hydrogen) atoms. The molecule has 4 rings (SSSR count). The van der Waals surface area contributed by atoms with E-state index in [1.165, 1.54) is 4.90 Å². The molecule has 2 aliphatic rings. The molecule has 0 spiro atoms. The number of aromatic nitrogens is 2. The number of amides is 3. The maximum Gasteiger partial charge on any atom is 0.233 e. The molecule has 0 radical (unpaired) electrons. The molecule has 0 bridgehead atoms. The van der Waals surface area contributed by atoms with Crippen molar-refractivity contribution >= 4 is 28.8 Å². The number of fused-ring (bicyclic) bond motifs is 2. The summed E-state index contributed by atoms with van der Waals surface area (Å²) in [6, 6.07) is 7.88. The Labute approximate surface area is 163 Å². The molecule has 2 aromatic rings. The van der Waals surface area contributed by atoms with Crippen LogP contribution in [0.2, 0.25) is 0 Å². The van der Waals surface area contributed by atoms with Gasteiger partial charge in [-0.15, -0.1) is 0 Å². The van der Waals surface area contributed by atoms with E-state index in [9.17, 15) is 14.4 Å². The van der Waals surface area contributed by atoms with Crippen LogP contribution in [-0.4, -0.2) is 45.7 Å². The number of nitrogens with one attached hydrogen (secondary N) is 2. The van der Waals surface area contributed by atoms with Gasteiger partial charge in [0.1, 0.15) is 5.82 Å². The van der Waals surface area contributed by atoms with Gasteiger partial charge in [0.15, 0.2) is 0 Å². The van der Waals surface area contributed by atoms with E-state index in [1.54, 1.807) is 0 Å². The summed E-state index contributed by atoms with van der Waals surface area (Å²) in [5.74, 6) is 0.340. The molecular formula is C21H26N4O3. The zero-order valence-corrected chi connectivity index (χ0v) is 15.9. The molecule has 2 fully saturated rings. The summed E-state index contributed by atoms with van der Waals surface area (Å²) in [5.41, 5.74) is 1.96. The zero-order chi connectivity index (χ0) is 19.5. The van der Waals surface area contributed by atoms with E-state index in [4.69, 9.17) is 0 Å². The normalized spacial score (nSPS) is 21.9. The average Bonchev–Trinajstić information content (AvgIpc) is 3.23. The van der Waals surface area contributed by atoms with Crippen LogP contribution < -0.4 is 5.32 Å². The Morgan fingerprint density at radius 3 is 2.57 bits per heavy atom. The minimum Gasteiger partial charge on any atom is -0.356 e. The largest absolute Gasteiger partial charge is 0.356 e. The van der Waals surface area contributed by atoms with Gasteiger partial charge >= 0.3 is 0 Å². The number of hydrogen-bond acceptors (Lipinski definition) is 4. The molecule has 1 saturated heterocycles. The minimum atomic E-state index is -0.145. The van der Waals surface area contributed by atoms with Crippen LogP contribution in [0, 0.1) is 11.8 Å². The Hall–Kier alpha value is -2.70. The fourth-order valence-corrected chi connectivity index (χ4v) is 4.36. The second-order valence-electron chi connectivity index (χ2n) is 7.73. The van der Waals surface area contributed by atoms with Gasteiger partial charge in [-0.1, -0.05) is 25.0 Å². The summed E-state index contributed by atoms with van der Waals surface area (Å²) >= 11 is 0. The van der Waals surface area contributed by atoms with E-state index in [-0.39, 0.29) is 42.5 Å². The van der Waals surface area contributed by atoms with Crippen LogP contribution in [0.4, 0.5) is 0 Å². The summed E-state index contributed by atoms with van der Waals surface area (Å²) in [6.45, 7) is 0.739. The molecule has 3 amide bonds. The number of nitrogens with zero attached hydrogens (tertiary/aromatic N) is 2. The molecule has 7 nitrogen and oxygen atoms in total. The second kappa shape index (κ2) is 8.12. The number of carbonyl (C=O) groups excluding carboxylic acids is 3. The number of likely N-dealkylation sites (tertiary alicyclic amines) is 1. The van der Waals surface area contributed by atoms with Crippen molar-refractivity contribution in [2.24, 2.45) is 11.8 Å². The lowest BCUT2D eigenvalue weighted by Gasteiger charge is -2.19. The van der Waals surface area contributed by atoms with E-state index >= 15 is 0 Å². The van der Waals surface area contributed by atoms with Gasteiger partial charge in [-0.25, -0.2) is 4.98 Å². The van der Waals surface area contributed by atoms with Crippen LogP contribution in [-0.2, 0) is 20.8 Å². The number of aromatic amines is 1. The monoisotopic (exact) mass is 382 g/mol. The van der Waals surface area contributed by atoms with E-state index in [0.717, 1.165) is 55.4 Å². The van der Waals surface area contributed by atoms with Crippen molar-refractivity contribution in [2.45, 2.75) is 44.9 Å². The fraction of sp³-hybridized carbons (Fsp3) is 0.524. The predicted octanol–water partition coefficient (Wildman–Crippen LogP) is 2.18. The molecule has 1 saturated carbocycles. The van der Waals surface area contributed by atoms with Gasteiger partial charge in [0.25, 0.3) is 0 Å². The zero-order valence-electron chi connectivity index (χ0n) is 15.9. The van der Waals surface area contributed by atoms with Gasteiger partial charge < -0.3 is 10.3 Å². The topological polar surface area (TPSA) is 95.2 Å². The quantitative estimate of drug-likeness (QED) is 0.567. The Morgan fingerprint density at radius 1 is 1.14 bits per heavy atom. The van der Waals surface area contributed by atoms with Gasteiger partial charge in [0.05, 0.1) is 22.9 Å². The Kier molecular flexibility index (Phi) is 5.41. The smallest absolute Gasteiger partial charge is 0.233 e. The van der Waals surface area contributed by atoms with Crippen LogP contribution in [0.5, 0.6) is 0 Å². The summed E-state index contributed by atoms with van der Waals surface area (Å²) < 4.78 is 0. The molecule has 7 heteroatoms. The van der Waals surface area contributed by atoms with Gasteiger partial charge in [-0.05, 0) is 31.4 Å². The lowest BCUT2D eigenvalue weighted by atomic mass is 9.81. The van der Waals surface area contributed by atoms with Crippen LogP contribution in [0.15, 0.2) is 24.3 Å². The number of para-hydroxylation sites is 2. The number of rotatable bonds is 7. The number of hydrogen-bond donors (Lipinski definition) is 2. The number of imide groups is 1. The maximum atomic E-state index is 12.4. The van der Waals surface area contributed by atoms with Crippen LogP contribution in [0.1, 0.15) is 44.3 Å². The summed E-state index contributed by atoms with van der Waals surface area (Å²) in [4.78, 5) is 46.0. The molecule has 2 unspecified atom stereocenters. The highest BCUT2D eigenvalue weighted by molar-refractivity contribution is 6.05. The number of carbonyl (C=O) groups is 3. The highest BCUT2D eigenvalue weighted by Gasteiger charge is 2.47. The third-order valence-electron chi connectivity index (χ3n) is 5.85. The van der Waals surface area contributed by atoms with E-state index in [2.05, 4.69) is 15.3 Å². The SMILES string of the molecule is O=C(CCN1C(=O)C2CCCCC2C1=O)NCCCc1nc2ccccc2[nH]1. The Morgan fingerprint density at radius 2 is 1.86 bits per heavy atom. The first-order chi connectivity index (χ1) is 13.6. The number of benzene rings is 1. The molecule has 2 heterocycles. The molecule has 1 aliphatic heterocycles. The van der Waals surface area contributed by atoms with Crippen molar-refractivity contribution in [1.82, 2.24) is 20.2 Å². The first-order valence-corrected chi connectivity index (χ1v) is 10.2. The van der Waals surface area contributed by atoms with Crippen molar-refractivity contribution in [2.75, 3.05) is 13.1 Å². The summed E-state index contributed by atoms with van der Waals surface area (Å²) in [5, 5.41) is 2.87. The highest BCUT2D eigenvalue weighted by atomic mass is 16.2. The lowest BCUT2D eigenvalue weighted by molar-refractivity contribution is -0.140. The summed E-state index contributed by atoms with van der Waals surface area (Å²) in [6.07, 6.45) is 5.33. The third-order valence-corrected chi connectivity index (χ3v) is 5.85. The van der Waals surface area contributed by atoms with E-state index in [0.29, 0.717) is 6.54 Å². The average molecular weight is 382 g/mol. The second-order valence-corrected chi connectivity index (χ2v) is 7.73. The number of H-pyrrole nitrogens is 1. The molecule has 148 valence electrons. The van der Waals surface area contributed by atoms with Crippen molar-refractivity contribution in [3.05, 3.63) is 30.1 Å². The molecule has 1 aromatic heterocycles. The lowest BCUT2D eigenvalue weighted by Crippen LogP contribution is -2.35. The van der Waals surface area contributed by atoms with Gasteiger partial charge in [-0.3, -0.25) is 19.3 Å². The molecular weight excluding hydrogens is 356 g/mol. The van der Waals surface area contributed by atoms with Crippen molar-refractivity contribution in [3.63, 3.8) is 0 Å². The molecule has 2 N–H and O–H groups in total. The van der Waals surface area contributed by atoms with E-state index < -0.39 is 0 Å². The first-order valence-electron chi connectivity index (χ1n) is 10.2. The third kappa shape index (κ3) is 3.79. The van der Waals surface area contributed by atoms with Crippen molar-refractivity contribution in [1.29, 1.82) is 0 Å². The Bertz CT molecular complexity index is 834. The van der Waals surface area contributed by atoms with Gasteiger partial charge in [-0.2, -0.15) is 0 Å². The molecule has 1 aromatic carbocycles. The van der Waals surface area contributed by atoms with Gasteiger partial charge in [0, 0.05) is 25.9 Å². The first kappa shape index (κ1) is 18.7. The fourth-order valence-electron chi connectivity index (χ4n) is 4.36. The van der Waals surface area contributed by atoms with Crippen LogP contribution in [0.3, 0.4) is 0 Å². The number of imidazole rings is 1. The van der Waals surface area contributed by atoms with Crippen LogP contribution in [0.25, 0.3) is 11.0 Å². The van der Waals surface area contributed by atoms with Crippen LogP contribution >= 0.6 is 0 Å².